The molecule has 0 spiro atoms. The normalized spacial score (nSPS) is 22.6. The van der Waals surface area contributed by atoms with Gasteiger partial charge in [0, 0.05) is 13.2 Å². The van der Waals surface area contributed by atoms with Crippen LogP contribution in [0.4, 0.5) is 0 Å². The standard InChI is InChI=1S/C16H33NO4/c1-3-4-7-18-8-9-19-10-11-20-12-13-21-16-14-17-6-5-15(16)2/h15-17H,3-14H2,1-2H3. The summed E-state index contributed by atoms with van der Waals surface area (Å²) in [5.41, 5.74) is 0. The molecule has 0 radical (unpaired) electrons. The van der Waals surface area contributed by atoms with Crippen molar-refractivity contribution < 1.29 is 18.9 Å². The summed E-state index contributed by atoms with van der Waals surface area (Å²) in [5.74, 6) is 0.641. The van der Waals surface area contributed by atoms with Gasteiger partial charge in [-0.05, 0) is 25.3 Å². The van der Waals surface area contributed by atoms with Crippen molar-refractivity contribution >= 4 is 0 Å². The lowest BCUT2D eigenvalue weighted by Crippen LogP contribution is -2.41. The average Bonchev–Trinajstić information content (AvgIpc) is 2.50. The van der Waals surface area contributed by atoms with Gasteiger partial charge in [-0.2, -0.15) is 0 Å². The number of hydrogen-bond acceptors (Lipinski definition) is 5. The van der Waals surface area contributed by atoms with Gasteiger partial charge in [0.25, 0.3) is 0 Å². The molecule has 0 aromatic rings. The number of hydrogen-bond donors (Lipinski definition) is 1. The van der Waals surface area contributed by atoms with Gasteiger partial charge in [0.1, 0.15) is 0 Å². The minimum absolute atomic E-state index is 0.332. The van der Waals surface area contributed by atoms with Crippen LogP contribution in [0, 0.1) is 5.92 Å². The molecule has 0 saturated carbocycles. The second-order valence-corrected chi connectivity index (χ2v) is 5.57. The summed E-state index contributed by atoms with van der Waals surface area (Å²) in [6.45, 7) is 11.2. The van der Waals surface area contributed by atoms with Crippen LogP contribution in [0.15, 0.2) is 0 Å². The zero-order valence-electron chi connectivity index (χ0n) is 13.8. The Morgan fingerprint density at radius 1 is 0.905 bits per heavy atom. The fourth-order valence-electron chi connectivity index (χ4n) is 2.23. The van der Waals surface area contributed by atoms with E-state index in [9.17, 15) is 0 Å². The Balaban J connectivity index is 1.76. The van der Waals surface area contributed by atoms with Gasteiger partial charge in [0.05, 0.1) is 45.7 Å². The van der Waals surface area contributed by atoms with E-state index in [0.717, 1.165) is 26.1 Å². The van der Waals surface area contributed by atoms with E-state index < -0.39 is 0 Å². The monoisotopic (exact) mass is 303 g/mol. The Bertz CT molecular complexity index is 228. The number of piperidine rings is 1. The van der Waals surface area contributed by atoms with E-state index in [1.165, 1.54) is 12.8 Å². The third-order valence-corrected chi connectivity index (χ3v) is 3.70. The molecule has 5 nitrogen and oxygen atoms in total. The van der Waals surface area contributed by atoms with E-state index >= 15 is 0 Å². The molecule has 126 valence electrons. The van der Waals surface area contributed by atoms with Gasteiger partial charge in [-0.25, -0.2) is 0 Å². The molecular weight excluding hydrogens is 270 g/mol. The molecule has 1 aliphatic rings. The van der Waals surface area contributed by atoms with Crippen LogP contribution in [0.5, 0.6) is 0 Å². The van der Waals surface area contributed by atoms with Crippen molar-refractivity contribution in [3.63, 3.8) is 0 Å². The first-order valence-electron chi connectivity index (χ1n) is 8.40. The van der Waals surface area contributed by atoms with Crippen molar-refractivity contribution in [2.45, 2.75) is 39.2 Å². The van der Waals surface area contributed by atoms with Gasteiger partial charge < -0.3 is 24.3 Å². The average molecular weight is 303 g/mol. The van der Waals surface area contributed by atoms with Crippen LogP contribution in [-0.4, -0.2) is 65.4 Å². The Labute approximate surface area is 129 Å². The molecule has 1 N–H and O–H groups in total. The Morgan fingerprint density at radius 3 is 2.14 bits per heavy atom. The molecule has 1 aliphatic heterocycles. The van der Waals surface area contributed by atoms with Crippen LogP contribution in [0.25, 0.3) is 0 Å². The summed E-state index contributed by atoms with van der Waals surface area (Å²) in [7, 11) is 0. The number of ether oxygens (including phenoxy) is 4. The summed E-state index contributed by atoms with van der Waals surface area (Å²) >= 11 is 0. The van der Waals surface area contributed by atoms with E-state index in [0.29, 0.717) is 51.7 Å². The molecule has 2 unspecified atom stereocenters. The van der Waals surface area contributed by atoms with Gasteiger partial charge in [0.15, 0.2) is 0 Å². The van der Waals surface area contributed by atoms with Crippen molar-refractivity contribution in [2.75, 3.05) is 59.3 Å². The first-order valence-corrected chi connectivity index (χ1v) is 8.40. The summed E-state index contributed by atoms with van der Waals surface area (Å²) in [6.07, 6.45) is 3.82. The maximum absolute atomic E-state index is 5.83. The summed E-state index contributed by atoms with van der Waals surface area (Å²) in [5, 5.41) is 3.36. The molecule has 0 amide bonds. The summed E-state index contributed by atoms with van der Waals surface area (Å²) in [4.78, 5) is 0. The smallest absolute Gasteiger partial charge is 0.0726 e. The second-order valence-electron chi connectivity index (χ2n) is 5.57. The quantitative estimate of drug-likeness (QED) is 0.526. The minimum atomic E-state index is 0.332. The molecule has 5 heteroatoms. The second kappa shape index (κ2) is 13.5. The number of unbranched alkanes of at least 4 members (excludes halogenated alkanes) is 1. The van der Waals surface area contributed by atoms with Gasteiger partial charge in [-0.15, -0.1) is 0 Å². The van der Waals surface area contributed by atoms with Crippen molar-refractivity contribution in [2.24, 2.45) is 5.92 Å². The van der Waals surface area contributed by atoms with E-state index in [2.05, 4.69) is 19.2 Å². The number of nitrogens with one attached hydrogen (secondary N) is 1. The zero-order valence-corrected chi connectivity index (χ0v) is 13.8. The zero-order chi connectivity index (χ0) is 15.2. The molecule has 0 aliphatic carbocycles. The topological polar surface area (TPSA) is 49.0 Å². The van der Waals surface area contributed by atoms with Crippen LogP contribution >= 0.6 is 0 Å². The summed E-state index contributed by atoms with van der Waals surface area (Å²) < 4.78 is 22.2. The molecule has 1 fully saturated rings. The van der Waals surface area contributed by atoms with Crippen molar-refractivity contribution in [3.05, 3.63) is 0 Å². The third kappa shape index (κ3) is 10.2. The molecule has 0 aromatic carbocycles. The van der Waals surface area contributed by atoms with Crippen molar-refractivity contribution in [1.29, 1.82) is 0 Å². The number of rotatable bonds is 13. The highest BCUT2D eigenvalue weighted by molar-refractivity contribution is 4.75. The first kappa shape index (κ1) is 18.8. The Hall–Kier alpha value is -0.200. The van der Waals surface area contributed by atoms with E-state index in [-0.39, 0.29) is 0 Å². The molecule has 1 heterocycles. The van der Waals surface area contributed by atoms with Crippen LogP contribution < -0.4 is 5.32 Å². The fourth-order valence-corrected chi connectivity index (χ4v) is 2.23. The Morgan fingerprint density at radius 2 is 1.52 bits per heavy atom. The maximum atomic E-state index is 5.83. The molecule has 21 heavy (non-hydrogen) atoms. The lowest BCUT2D eigenvalue weighted by molar-refractivity contribution is -0.0380. The van der Waals surface area contributed by atoms with Crippen LogP contribution in [0.1, 0.15) is 33.1 Å². The highest BCUT2D eigenvalue weighted by atomic mass is 16.6. The predicted molar refractivity (Wildman–Crippen MR) is 83.8 cm³/mol. The van der Waals surface area contributed by atoms with Crippen molar-refractivity contribution in [1.82, 2.24) is 5.32 Å². The fraction of sp³-hybridized carbons (Fsp3) is 1.00. The van der Waals surface area contributed by atoms with Gasteiger partial charge >= 0.3 is 0 Å². The Kier molecular flexibility index (Phi) is 12.1. The largest absolute Gasteiger partial charge is 0.379 e. The molecule has 1 saturated heterocycles. The van der Waals surface area contributed by atoms with Crippen molar-refractivity contribution in [3.8, 4) is 0 Å². The maximum Gasteiger partial charge on any atom is 0.0726 e. The van der Waals surface area contributed by atoms with Crippen LogP contribution in [0.2, 0.25) is 0 Å². The van der Waals surface area contributed by atoms with Gasteiger partial charge in [-0.3, -0.25) is 0 Å². The van der Waals surface area contributed by atoms with Crippen LogP contribution in [-0.2, 0) is 18.9 Å². The minimum Gasteiger partial charge on any atom is -0.379 e. The molecule has 0 aromatic heterocycles. The van der Waals surface area contributed by atoms with E-state index in [1.54, 1.807) is 0 Å². The van der Waals surface area contributed by atoms with Gasteiger partial charge in [-0.1, -0.05) is 20.3 Å². The highest BCUT2D eigenvalue weighted by Gasteiger charge is 2.20. The molecule has 0 bridgehead atoms. The SMILES string of the molecule is CCCCOCCOCCOCCOC1CNCCC1C. The third-order valence-electron chi connectivity index (χ3n) is 3.70. The molecular formula is C16H33NO4. The first-order chi connectivity index (χ1) is 10.3. The highest BCUT2D eigenvalue weighted by Crippen LogP contribution is 2.14. The molecule has 1 rings (SSSR count). The van der Waals surface area contributed by atoms with Gasteiger partial charge in [0.2, 0.25) is 0 Å². The van der Waals surface area contributed by atoms with E-state index in [1.807, 2.05) is 0 Å². The predicted octanol–water partition coefficient (Wildman–Crippen LogP) is 1.85. The lowest BCUT2D eigenvalue weighted by atomic mass is 9.97. The molecule has 2 atom stereocenters. The lowest BCUT2D eigenvalue weighted by Gasteiger charge is -2.29. The summed E-state index contributed by atoms with van der Waals surface area (Å²) in [6, 6.07) is 0. The van der Waals surface area contributed by atoms with Crippen LogP contribution in [0.3, 0.4) is 0 Å². The van der Waals surface area contributed by atoms with E-state index in [4.69, 9.17) is 18.9 Å².